The molecular formula is C17H19BrO4. The van der Waals surface area contributed by atoms with Gasteiger partial charge in [0.25, 0.3) is 0 Å². The zero-order valence-corrected chi connectivity index (χ0v) is 14.4. The third kappa shape index (κ3) is 3.85. The largest absolute Gasteiger partial charge is 0.493 e. The van der Waals surface area contributed by atoms with Gasteiger partial charge in [-0.15, -0.1) is 0 Å². The lowest BCUT2D eigenvalue weighted by atomic mass is 10.1. The molecule has 0 heterocycles. The molecule has 2 aromatic carbocycles. The molecule has 5 heteroatoms. The molecule has 0 N–H and O–H groups in total. The summed E-state index contributed by atoms with van der Waals surface area (Å²) in [4.78, 5) is 0.0252. The maximum atomic E-state index is 5.83. The maximum absolute atomic E-state index is 5.83. The van der Waals surface area contributed by atoms with E-state index in [1.54, 1.807) is 21.3 Å². The second kappa shape index (κ2) is 7.94. The van der Waals surface area contributed by atoms with Crippen molar-refractivity contribution in [1.82, 2.24) is 0 Å². The van der Waals surface area contributed by atoms with E-state index < -0.39 is 0 Å². The Labute approximate surface area is 139 Å². The molecule has 2 rings (SSSR count). The molecule has 0 aromatic heterocycles. The van der Waals surface area contributed by atoms with E-state index in [-0.39, 0.29) is 4.83 Å². The van der Waals surface area contributed by atoms with Crippen LogP contribution >= 0.6 is 15.9 Å². The Hall–Kier alpha value is -1.88. The van der Waals surface area contributed by atoms with Crippen LogP contribution in [0.2, 0.25) is 0 Å². The number of hydrogen-bond acceptors (Lipinski definition) is 4. The van der Waals surface area contributed by atoms with E-state index in [1.807, 2.05) is 42.5 Å². The molecule has 2 aromatic rings. The number of benzene rings is 2. The van der Waals surface area contributed by atoms with Gasteiger partial charge >= 0.3 is 0 Å². The van der Waals surface area contributed by atoms with Gasteiger partial charge in [0.2, 0.25) is 0 Å². The van der Waals surface area contributed by atoms with Gasteiger partial charge in [-0.3, -0.25) is 0 Å². The summed E-state index contributed by atoms with van der Waals surface area (Å²) in [7, 11) is 4.87. The van der Waals surface area contributed by atoms with Crippen LogP contribution in [-0.4, -0.2) is 27.9 Å². The summed E-state index contributed by atoms with van der Waals surface area (Å²) in [6.07, 6.45) is 0. The average Bonchev–Trinajstić information content (AvgIpc) is 2.59. The van der Waals surface area contributed by atoms with Crippen LogP contribution in [0.1, 0.15) is 10.4 Å². The van der Waals surface area contributed by atoms with Crippen molar-refractivity contribution >= 4 is 15.9 Å². The molecule has 0 radical (unpaired) electrons. The molecule has 0 saturated carbocycles. The van der Waals surface area contributed by atoms with E-state index in [4.69, 9.17) is 18.9 Å². The van der Waals surface area contributed by atoms with Crippen LogP contribution in [0.3, 0.4) is 0 Å². The van der Waals surface area contributed by atoms with E-state index in [2.05, 4.69) is 15.9 Å². The highest BCUT2D eigenvalue weighted by Gasteiger charge is 2.13. The number of methoxy groups -OCH3 is 3. The Morgan fingerprint density at radius 3 is 2.05 bits per heavy atom. The zero-order chi connectivity index (χ0) is 15.9. The Morgan fingerprint density at radius 2 is 1.41 bits per heavy atom. The van der Waals surface area contributed by atoms with Crippen LogP contribution in [0.5, 0.6) is 23.0 Å². The first-order chi connectivity index (χ1) is 10.7. The monoisotopic (exact) mass is 366 g/mol. The highest BCUT2D eigenvalue weighted by atomic mass is 79.9. The van der Waals surface area contributed by atoms with Crippen molar-refractivity contribution in [1.29, 1.82) is 0 Å². The predicted molar refractivity (Wildman–Crippen MR) is 89.7 cm³/mol. The molecule has 0 aliphatic carbocycles. The van der Waals surface area contributed by atoms with Crippen molar-refractivity contribution in [2.75, 3.05) is 27.9 Å². The number of ether oxygens (including phenoxy) is 4. The maximum Gasteiger partial charge on any atom is 0.161 e. The fourth-order valence-electron chi connectivity index (χ4n) is 2.04. The van der Waals surface area contributed by atoms with Crippen molar-refractivity contribution in [3.63, 3.8) is 0 Å². The van der Waals surface area contributed by atoms with E-state index in [9.17, 15) is 0 Å². The SMILES string of the molecule is COc1ccc(C(Br)COc2ccccc2OC)cc1OC. The summed E-state index contributed by atoms with van der Waals surface area (Å²) >= 11 is 3.64. The quantitative estimate of drug-likeness (QED) is 0.687. The average molecular weight is 367 g/mol. The van der Waals surface area contributed by atoms with Crippen molar-refractivity contribution in [3.8, 4) is 23.0 Å². The van der Waals surface area contributed by atoms with E-state index in [0.717, 1.165) is 17.1 Å². The minimum absolute atomic E-state index is 0.0252. The molecule has 0 saturated heterocycles. The number of hydrogen-bond donors (Lipinski definition) is 0. The first kappa shape index (κ1) is 16.5. The lowest BCUT2D eigenvalue weighted by Crippen LogP contribution is -2.06. The van der Waals surface area contributed by atoms with Crippen LogP contribution in [0, 0.1) is 0 Å². The number of para-hydroxylation sites is 2. The van der Waals surface area contributed by atoms with Crippen LogP contribution in [0.4, 0.5) is 0 Å². The summed E-state index contributed by atoms with van der Waals surface area (Å²) in [5.41, 5.74) is 1.05. The third-order valence-corrected chi connectivity index (χ3v) is 4.02. The minimum Gasteiger partial charge on any atom is -0.493 e. The smallest absolute Gasteiger partial charge is 0.161 e. The molecular weight excluding hydrogens is 348 g/mol. The summed E-state index contributed by atoms with van der Waals surface area (Å²) in [5, 5.41) is 0. The van der Waals surface area contributed by atoms with E-state index in [0.29, 0.717) is 18.1 Å². The molecule has 0 aliphatic rings. The molecule has 0 aliphatic heterocycles. The highest BCUT2D eigenvalue weighted by Crippen LogP contribution is 2.34. The number of alkyl halides is 1. The number of rotatable bonds is 7. The Kier molecular flexibility index (Phi) is 5.95. The predicted octanol–water partition coefficient (Wildman–Crippen LogP) is 4.23. The normalized spacial score (nSPS) is 11.6. The van der Waals surface area contributed by atoms with Crippen LogP contribution < -0.4 is 18.9 Å². The van der Waals surface area contributed by atoms with Gasteiger partial charge in [0.15, 0.2) is 23.0 Å². The van der Waals surface area contributed by atoms with Gasteiger partial charge < -0.3 is 18.9 Å². The molecule has 0 spiro atoms. The molecule has 1 atom stereocenters. The number of halogens is 1. The topological polar surface area (TPSA) is 36.9 Å². The van der Waals surface area contributed by atoms with Crippen molar-refractivity contribution in [2.24, 2.45) is 0 Å². The molecule has 0 fully saturated rings. The minimum atomic E-state index is 0.0252. The Bertz CT molecular complexity index is 615. The Balaban J connectivity index is 2.07. The first-order valence-electron chi connectivity index (χ1n) is 6.81. The second-order valence-electron chi connectivity index (χ2n) is 4.54. The third-order valence-electron chi connectivity index (χ3n) is 3.22. The van der Waals surface area contributed by atoms with Gasteiger partial charge in [0, 0.05) is 0 Å². The van der Waals surface area contributed by atoms with Crippen LogP contribution in [0.15, 0.2) is 42.5 Å². The standard InChI is InChI=1S/C17H19BrO4/c1-19-14-6-4-5-7-16(14)22-11-13(18)12-8-9-15(20-2)17(10-12)21-3/h4-10,13H,11H2,1-3H3. The lowest BCUT2D eigenvalue weighted by molar-refractivity contribution is 0.296. The lowest BCUT2D eigenvalue weighted by Gasteiger charge is -2.16. The van der Waals surface area contributed by atoms with E-state index in [1.165, 1.54) is 0 Å². The molecule has 118 valence electrons. The molecule has 0 amide bonds. The summed E-state index contributed by atoms with van der Waals surface area (Å²) < 4.78 is 21.7. The van der Waals surface area contributed by atoms with Gasteiger partial charge in [-0.2, -0.15) is 0 Å². The summed E-state index contributed by atoms with van der Waals surface area (Å²) in [6, 6.07) is 13.4. The first-order valence-corrected chi connectivity index (χ1v) is 7.73. The Morgan fingerprint density at radius 1 is 0.818 bits per heavy atom. The van der Waals surface area contributed by atoms with Crippen LogP contribution in [-0.2, 0) is 0 Å². The fourth-order valence-corrected chi connectivity index (χ4v) is 2.46. The summed E-state index contributed by atoms with van der Waals surface area (Å²) in [6.45, 7) is 0.468. The van der Waals surface area contributed by atoms with Gasteiger partial charge in [-0.05, 0) is 29.8 Å². The molecule has 22 heavy (non-hydrogen) atoms. The molecule has 0 bridgehead atoms. The van der Waals surface area contributed by atoms with Gasteiger partial charge in [-0.1, -0.05) is 34.1 Å². The summed E-state index contributed by atoms with van der Waals surface area (Å²) in [5.74, 6) is 2.84. The second-order valence-corrected chi connectivity index (χ2v) is 5.65. The van der Waals surface area contributed by atoms with Crippen molar-refractivity contribution in [3.05, 3.63) is 48.0 Å². The molecule has 4 nitrogen and oxygen atoms in total. The van der Waals surface area contributed by atoms with Crippen molar-refractivity contribution in [2.45, 2.75) is 4.83 Å². The highest BCUT2D eigenvalue weighted by molar-refractivity contribution is 9.09. The molecule has 1 unspecified atom stereocenters. The van der Waals surface area contributed by atoms with E-state index >= 15 is 0 Å². The van der Waals surface area contributed by atoms with Crippen molar-refractivity contribution < 1.29 is 18.9 Å². The zero-order valence-electron chi connectivity index (χ0n) is 12.8. The van der Waals surface area contributed by atoms with Crippen LogP contribution in [0.25, 0.3) is 0 Å². The van der Waals surface area contributed by atoms with Gasteiger partial charge in [-0.25, -0.2) is 0 Å². The van der Waals surface area contributed by atoms with Gasteiger partial charge in [0.05, 0.1) is 26.2 Å². The fraction of sp³-hybridized carbons (Fsp3) is 0.294. The van der Waals surface area contributed by atoms with Gasteiger partial charge in [0.1, 0.15) is 6.61 Å².